The SMILES string of the molecule is COC1C(O)C(C)OC(OC2CC[C@@]3(C)[C@@H](CC[C@@H]4[C@H]3CC[C@]3(C)[C@H](C5=CC(=O)OC5)CC[C@]43O)C2)C1O. The van der Waals surface area contributed by atoms with E-state index in [1.54, 1.807) is 13.0 Å². The fourth-order valence-electron chi connectivity index (χ4n) is 10.1. The Labute approximate surface area is 226 Å². The summed E-state index contributed by atoms with van der Waals surface area (Å²) in [7, 11) is 1.49. The fourth-order valence-corrected chi connectivity index (χ4v) is 10.1. The third-order valence-electron chi connectivity index (χ3n) is 12.3. The van der Waals surface area contributed by atoms with Gasteiger partial charge in [-0.2, -0.15) is 0 Å². The van der Waals surface area contributed by atoms with Crippen molar-refractivity contribution in [3.63, 3.8) is 0 Å². The number of cyclic esters (lactones) is 1. The molecule has 2 aliphatic heterocycles. The summed E-state index contributed by atoms with van der Waals surface area (Å²) in [4.78, 5) is 11.8. The monoisotopic (exact) mass is 534 g/mol. The number of carbonyl (C=O) groups excluding carboxylic acids is 1. The van der Waals surface area contributed by atoms with Crippen LogP contribution in [-0.4, -0.2) is 77.4 Å². The van der Waals surface area contributed by atoms with Gasteiger partial charge in [-0.25, -0.2) is 4.79 Å². The van der Waals surface area contributed by atoms with Gasteiger partial charge in [-0.3, -0.25) is 0 Å². The quantitative estimate of drug-likeness (QED) is 0.372. The predicted octanol–water partition coefficient (Wildman–Crippen LogP) is 3.11. The summed E-state index contributed by atoms with van der Waals surface area (Å²) in [5, 5.41) is 33.5. The minimum absolute atomic E-state index is 0.0103. The van der Waals surface area contributed by atoms with Gasteiger partial charge in [-0.15, -0.1) is 0 Å². The molecule has 6 unspecified atom stereocenters. The molecule has 5 fully saturated rings. The van der Waals surface area contributed by atoms with Gasteiger partial charge in [0.2, 0.25) is 0 Å². The van der Waals surface area contributed by atoms with Crippen LogP contribution in [0.5, 0.6) is 0 Å². The lowest BCUT2D eigenvalue weighted by molar-refractivity contribution is -0.313. The second kappa shape index (κ2) is 9.52. The Kier molecular flexibility index (Phi) is 6.80. The number of ether oxygens (including phenoxy) is 4. The van der Waals surface area contributed by atoms with Gasteiger partial charge in [0.25, 0.3) is 0 Å². The summed E-state index contributed by atoms with van der Waals surface area (Å²) in [5.41, 5.74) is 0.300. The molecule has 0 aromatic heterocycles. The van der Waals surface area contributed by atoms with E-state index in [2.05, 4.69) is 13.8 Å². The molecule has 2 heterocycles. The van der Waals surface area contributed by atoms with Crippen molar-refractivity contribution in [3.05, 3.63) is 11.6 Å². The Hall–Kier alpha value is -1.03. The van der Waals surface area contributed by atoms with Crippen LogP contribution in [0.25, 0.3) is 0 Å². The van der Waals surface area contributed by atoms with Crippen molar-refractivity contribution in [2.45, 2.75) is 121 Å². The van der Waals surface area contributed by atoms with Crippen molar-refractivity contribution in [2.24, 2.45) is 34.5 Å². The first-order valence-electron chi connectivity index (χ1n) is 14.8. The maximum atomic E-state index is 12.4. The van der Waals surface area contributed by atoms with Gasteiger partial charge in [0.05, 0.1) is 17.8 Å². The molecular weight excluding hydrogens is 488 g/mol. The topological polar surface area (TPSA) is 115 Å². The van der Waals surface area contributed by atoms with E-state index in [-0.39, 0.29) is 34.7 Å². The van der Waals surface area contributed by atoms with Crippen LogP contribution in [0.3, 0.4) is 0 Å². The van der Waals surface area contributed by atoms with Gasteiger partial charge < -0.3 is 34.3 Å². The lowest BCUT2D eigenvalue weighted by Gasteiger charge is -2.64. The zero-order valence-electron chi connectivity index (χ0n) is 23.3. The molecule has 13 atom stereocenters. The van der Waals surface area contributed by atoms with Crippen LogP contribution in [-0.2, 0) is 23.7 Å². The van der Waals surface area contributed by atoms with Crippen molar-refractivity contribution in [3.8, 4) is 0 Å². The molecule has 38 heavy (non-hydrogen) atoms. The van der Waals surface area contributed by atoms with Crippen LogP contribution in [0.2, 0.25) is 0 Å². The van der Waals surface area contributed by atoms with Crippen molar-refractivity contribution in [2.75, 3.05) is 13.7 Å². The molecule has 6 aliphatic rings. The van der Waals surface area contributed by atoms with Gasteiger partial charge in [0.1, 0.15) is 24.9 Å². The van der Waals surface area contributed by atoms with E-state index in [4.69, 9.17) is 18.9 Å². The average Bonchev–Trinajstić information content (AvgIpc) is 3.43. The minimum Gasteiger partial charge on any atom is -0.458 e. The highest BCUT2D eigenvalue weighted by Crippen LogP contribution is 2.70. The van der Waals surface area contributed by atoms with E-state index in [0.29, 0.717) is 18.4 Å². The number of hydrogen-bond donors (Lipinski definition) is 3. The van der Waals surface area contributed by atoms with E-state index in [0.717, 1.165) is 63.4 Å². The maximum Gasteiger partial charge on any atom is 0.331 e. The van der Waals surface area contributed by atoms with E-state index >= 15 is 0 Å². The molecule has 0 spiro atoms. The molecule has 8 nitrogen and oxygen atoms in total. The van der Waals surface area contributed by atoms with Crippen molar-refractivity contribution >= 4 is 5.97 Å². The lowest BCUT2D eigenvalue weighted by atomic mass is 9.43. The third kappa shape index (κ3) is 3.88. The number of rotatable bonds is 4. The molecule has 0 bridgehead atoms. The predicted molar refractivity (Wildman–Crippen MR) is 138 cm³/mol. The zero-order chi connectivity index (χ0) is 27.0. The molecule has 6 rings (SSSR count). The van der Waals surface area contributed by atoms with Crippen LogP contribution in [0, 0.1) is 34.5 Å². The molecule has 0 aromatic carbocycles. The van der Waals surface area contributed by atoms with E-state index in [9.17, 15) is 20.1 Å². The van der Waals surface area contributed by atoms with E-state index in [1.807, 2.05) is 0 Å². The molecule has 0 radical (unpaired) electrons. The first kappa shape index (κ1) is 27.2. The van der Waals surface area contributed by atoms with Gasteiger partial charge in [0, 0.05) is 18.6 Å². The van der Waals surface area contributed by atoms with Gasteiger partial charge >= 0.3 is 5.97 Å². The molecular formula is C30H46O8. The fraction of sp³-hybridized carbons (Fsp3) is 0.900. The lowest BCUT2D eigenvalue weighted by Crippen LogP contribution is -2.62. The smallest absolute Gasteiger partial charge is 0.331 e. The molecule has 0 aromatic rings. The molecule has 0 amide bonds. The number of methoxy groups -OCH3 is 1. The maximum absolute atomic E-state index is 12.4. The number of carbonyl (C=O) groups is 1. The van der Waals surface area contributed by atoms with Crippen LogP contribution >= 0.6 is 0 Å². The summed E-state index contributed by atoms with van der Waals surface area (Å²) >= 11 is 0. The Morgan fingerprint density at radius 2 is 1.79 bits per heavy atom. The van der Waals surface area contributed by atoms with Crippen LogP contribution in [0.4, 0.5) is 0 Å². The van der Waals surface area contributed by atoms with E-state index < -0.39 is 36.3 Å². The van der Waals surface area contributed by atoms with Crippen LogP contribution < -0.4 is 0 Å². The summed E-state index contributed by atoms with van der Waals surface area (Å²) in [6.45, 7) is 6.87. The number of hydrogen-bond acceptors (Lipinski definition) is 8. The number of aliphatic hydroxyl groups is 3. The Morgan fingerprint density at radius 1 is 1.00 bits per heavy atom. The molecule has 1 saturated heterocycles. The van der Waals surface area contributed by atoms with Gasteiger partial charge in [-0.1, -0.05) is 13.8 Å². The van der Waals surface area contributed by atoms with Gasteiger partial charge in [0.15, 0.2) is 6.29 Å². The molecule has 3 N–H and O–H groups in total. The summed E-state index contributed by atoms with van der Waals surface area (Å²) in [6, 6.07) is 0. The van der Waals surface area contributed by atoms with Gasteiger partial charge in [-0.05, 0) is 99.4 Å². The highest BCUT2D eigenvalue weighted by molar-refractivity contribution is 5.85. The summed E-state index contributed by atoms with van der Waals surface area (Å²) in [5.74, 6) is 1.22. The van der Waals surface area contributed by atoms with Crippen LogP contribution in [0.15, 0.2) is 11.6 Å². The summed E-state index contributed by atoms with van der Waals surface area (Å²) in [6.07, 6.45) is 6.45. The highest BCUT2D eigenvalue weighted by atomic mass is 16.7. The molecule has 214 valence electrons. The minimum atomic E-state index is -1.04. The number of aliphatic hydroxyl groups excluding tert-OH is 2. The number of esters is 1. The van der Waals surface area contributed by atoms with Crippen LogP contribution in [0.1, 0.15) is 78.6 Å². The normalized spacial score (nSPS) is 54.5. The van der Waals surface area contributed by atoms with E-state index in [1.165, 1.54) is 7.11 Å². The number of fused-ring (bicyclic) bond motifs is 5. The Bertz CT molecular complexity index is 968. The first-order valence-corrected chi connectivity index (χ1v) is 14.8. The van der Waals surface area contributed by atoms with Crippen molar-refractivity contribution in [1.82, 2.24) is 0 Å². The highest BCUT2D eigenvalue weighted by Gasteiger charge is 2.67. The standard InChI is InChI=1S/C30H46O8/c1-16-24(32)26(35-4)25(33)27(37-16)38-19-7-10-28(2)18(14-19)5-6-22-21(28)8-11-29(3)20(9-12-30(22,29)34)17-13-23(31)36-15-17/h13,16,18-22,24-27,32-34H,5-12,14-15H2,1-4H3/t16?,18-,19?,20-,21+,22+,24?,25?,26?,27?,28-,29+,30-/m0/s1. The molecule has 8 heteroatoms. The summed E-state index contributed by atoms with van der Waals surface area (Å²) < 4.78 is 22.8. The second-order valence-corrected chi connectivity index (χ2v) is 13.7. The first-order chi connectivity index (χ1) is 18.0. The molecule has 4 aliphatic carbocycles. The largest absolute Gasteiger partial charge is 0.458 e. The average molecular weight is 535 g/mol. The van der Waals surface area contributed by atoms with Crippen molar-refractivity contribution in [1.29, 1.82) is 0 Å². The Balaban J connectivity index is 1.16. The van der Waals surface area contributed by atoms with Crippen molar-refractivity contribution < 1.29 is 39.1 Å². The zero-order valence-corrected chi connectivity index (χ0v) is 23.3. The second-order valence-electron chi connectivity index (χ2n) is 13.7. The Morgan fingerprint density at radius 3 is 2.50 bits per heavy atom. The third-order valence-corrected chi connectivity index (χ3v) is 12.3. The molecule has 4 saturated carbocycles.